The molecule has 1 aromatic rings. The number of likely N-dealkylation sites (tertiary alicyclic amines) is 1. The molecule has 0 unspecified atom stereocenters. The van der Waals surface area contributed by atoms with Crippen LogP contribution < -0.4 is 0 Å². The zero-order chi connectivity index (χ0) is 13.2. The Morgan fingerprint density at radius 2 is 2.00 bits per heavy atom. The number of nitrogens with zero attached hydrogens (tertiary/aromatic N) is 1. The molecule has 2 rings (SSSR count). The summed E-state index contributed by atoms with van der Waals surface area (Å²) in [7, 11) is -3.11. The minimum absolute atomic E-state index is 0.422. The third-order valence-corrected chi connectivity index (χ3v) is 4.66. The predicted octanol–water partition coefficient (Wildman–Crippen LogP) is 2.41. The summed E-state index contributed by atoms with van der Waals surface area (Å²) < 4.78 is 23.1. The van der Waals surface area contributed by atoms with Crippen LogP contribution >= 0.6 is 0 Å². The van der Waals surface area contributed by atoms with Crippen molar-refractivity contribution in [3.05, 3.63) is 42.6 Å². The fourth-order valence-electron chi connectivity index (χ4n) is 2.41. The van der Waals surface area contributed by atoms with Gasteiger partial charge in [-0.25, -0.2) is 8.42 Å². The first-order chi connectivity index (χ1) is 8.50. The summed E-state index contributed by atoms with van der Waals surface area (Å²) >= 11 is 0. The maximum Gasteiger partial charge on any atom is 0.175 e. The molecule has 0 aromatic heterocycles. The van der Waals surface area contributed by atoms with Gasteiger partial charge in [-0.2, -0.15) is 0 Å². The number of sulfone groups is 1. The van der Waals surface area contributed by atoms with Gasteiger partial charge in [0.25, 0.3) is 0 Å². The summed E-state index contributed by atoms with van der Waals surface area (Å²) in [6.45, 7) is 5.77. The molecular weight excluding hydrogens is 246 g/mol. The van der Waals surface area contributed by atoms with Gasteiger partial charge >= 0.3 is 0 Å². The largest absolute Gasteiger partial charge is 0.378 e. The van der Waals surface area contributed by atoms with Crippen molar-refractivity contribution in [2.24, 2.45) is 0 Å². The lowest BCUT2D eigenvalue weighted by atomic mass is 9.90. The van der Waals surface area contributed by atoms with Crippen molar-refractivity contribution in [1.29, 1.82) is 0 Å². The normalized spacial score (nSPS) is 17.7. The Labute approximate surface area is 109 Å². The standard InChI is InChI=1S/C14H19NO2S/c1-3-15-9-7-12(8-10-15)13-5-4-6-14(11-13)18(2,16)17/h3-6,11-12H,1,7-10H2,2H3. The van der Waals surface area contributed by atoms with Crippen LogP contribution in [0.1, 0.15) is 24.3 Å². The molecule has 3 nitrogen and oxygen atoms in total. The van der Waals surface area contributed by atoms with Crippen LogP contribution in [-0.4, -0.2) is 32.7 Å². The summed E-state index contributed by atoms with van der Waals surface area (Å²) in [5.74, 6) is 0.461. The first-order valence-corrected chi connectivity index (χ1v) is 8.06. The molecule has 1 saturated heterocycles. The number of benzene rings is 1. The molecule has 0 amide bonds. The first-order valence-electron chi connectivity index (χ1n) is 6.17. The Morgan fingerprint density at radius 3 is 2.56 bits per heavy atom. The van der Waals surface area contributed by atoms with Gasteiger partial charge in [-0.3, -0.25) is 0 Å². The van der Waals surface area contributed by atoms with Crippen LogP contribution in [0, 0.1) is 0 Å². The molecule has 18 heavy (non-hydrogen) atoms. The van der Waals surface area contributed by atoms with Crippen LogP contribution in [-0.2, 0) is 9.84 Å². The van der Waals surface area contributed by atoms with Crippen LogP contribution in [0.25, 0.3) is 0 Å². The summed E-state index contributed by atoms with van der Waals surface area (Å²) in [5, 5.41) is 0. The van der Waals surface area contributed by atoms with Crippen molar-refractivity contribution in [3.8, 4) is 0 Å². The van der Waals surface area contributed by atoms with Crippen LogP contribution in [0.5, 0.6) is 0 Å². The molecule has 0 bridgehead atoms. The fourth-order valence-corrected chi connectivity index (χ4v) is 3.09. The van der Waals surface area contributed by atoms with E-state index in [1.807, 2.05) is 24.4 Å². The SMILES string of the molecule is C=CN1CCC(c2cccc(S(C)(=O)=O)c2)CC1. The average Bonchev–Trinajstić information content (AvgIpc) is 2.38. The molecule has 1 aliphatic rings. The average molecular weight is 265 g/mol. The third-order valence-electron chi connectivity index (χ3n) is 3.55. The molecule has 0 saturated carbocycles. The van der Waals surface area contributed by atoms with Crippen molar-refractivity contribution in [3.63, 3.8) is 0 Å². The van der Waals surface area contributed by atoms with Gasteiger partial charge in [0.2, 0.25) is 0 Å². The van der Waals surface area contributed by atoms with E-state index >= 15 is 0 Å². The molecule has 1 aliphatic heterocycles. The molecule has 0 N–H and O–H groups in total. The summed E-state index contributed by atoms with van der Waals surface area (Å²) in [5.41, 5.74) is 1.14. The van der Waals surface area contributed by atoms with Crippen molar-refractivity contribution in [2.45, 2.75) is 23.7 Å². The van der Waals surface area contributed by atoms with Crippen molar-refractivity contribution in [2.75, 3.05) is 19.3 Å². The second-order valence-corrected chi connectivity index (χ2v) is 6.85. The zero-order valence-electron chi connectivity index (χ0n) is 10.7. The highest BCUT2D eigenvalue weighted by atomic mass is 32.2. The van der Waals surface area contributed by atoms with Gasteiger partial charge in [0, 0.05) is 19.3 Å². The maximum absolute atomic E-state index is 11.5. The van der Waals surface area contributed by atoms with Crippen LogP contribution in [0.15, 0.2) is 41.9 Å². The number of hydrogen-bond acceptors (Lipinski definition) is 3. The minimum atomic E-state index is -3.11. The monoisotopic (exact) mass is 265 g/mol. The number of rotatable bonds is 3. The lowest BCUT2D eigenvalue weighted by Crippen LogP contribution is -2.28. The Bertz CT molecular complexity index is 528. The molecule has 98 valence electrons. The smallest absolute Gasteiger partial charge is 0.175 e. The maximum atomic E-state index is 11.5. The van der Waals surface area contributed by atoms with Gasteiger partial charge in [0.05, 0.1) is 4.90 Å². The lowest BCUT2D eigenvalue weighted by molar-refractivity contribution is 0.285. The van der Waals surface area contributed by atoms with Crippen LogP contribution in [0.4, 0.5) is 0 Å². The second-order valence-electron chi connectivity index (χ2n) is 4.84. The van der Waals surface area contributed by atoms with E-state index in [0.29, 0.717) is 10.8 Å². The molecular formula is C14H19NO2S. The van der Waals surface area contributed by atoms with Crippen LogP contribution in [0.3, 0.4) is 0 Å². The Balaban J connectivity index is 2.17. The molecule has 4 heteroatoms. The molecule has 1 aromatic carbocycles. The minimum Gasteiger partial charge on any atom is -0.378 e. The lowest BCUT2D eigenvalue weighted by Gasteiger charge is -2.31. The van der Waals surface area contributed by atoms with Gasteiger partial charge < -0.3 is 4.90 Å². The fraction of sp³-hybridized carbons (Fsp3) is 0.429. The Hall–Kier alpha value is -1.29. The van der Waals surface area contributed by atoms with E-state index in [2.05, 4.69) is 11.5 Å². The van der Waals surface area contributed by atoms with Crippen molar-refractivity contribution in [1.82, 2.24) is 4.90 Å². The van der Waals surface area contributed by atoms with Crippen molar-refractivity contribution < 1.29 is 8.42 Å². The second kappa shape index (κ2) is 5.14. The Kier molecular flexibility index (Phi) is 3.76. The van der Waals surface area contributed by atoms with Gasteiger partial charge in [0.1, 0.15) is 0 Å². The number of piperidine rings is 1. The van der Waals surface area contributed by atoms with Gasteiger partial charge in [-0.15, -0.1) is 0 Å². The highest BCUT2D eigenvalue weighted by Gasteiger charge is 2.19. The van der Waals surface area contributed by atoms with E-state index in [4.69, 9.17) is 0 Å². The van der Waals surface area contributed by atoms with Crippen molar-refractivity contribution >= 4 is 9.84 Å². The zero-order valence-corrected chi connectivity index (χ0v) is 11.5. The molecule has 0 atom stereocenters. The van der Waals surface area contributed by atoms with Gasteiger partial charge in [0.15, 0.2) is 9.84 Å². The van der Waals surface area contributed by atoms with Gasteiger partial charge in [-0.05, 0) is 42.7 Å². The predicted molar refractivity (Wildman–Crippen MR) is 73.3 cm³/mol. The van der Waals surface area contributed by atoms with E-state index in [1.54, 1.807) is 6.07 Å². The van der Waals surface area contributed by atoms with E-state index in [1.165, 1.54) is 6.26 Å². The molecule has 1 fully saturated rings. The van der Waals surface area contributed by atoms with Crippen LogP contribution in [0.2, 0.25) is 0 Å². The molecule has 0 radical (unpaired) electrons. The van der Waals surface area contributed by atoms with Gasteiger partial charge in [-0.1, -0.05) is 18.7 Å². The summed E-state index contributed by atoms with van der Waals surface area (Å²) in [6, 6.07) is 7.36. The first kappa shape index (κ1) is 13.1. The van der Waals surface area contributed by atoms with E-state index in [0.717, 1.165) is 31.5 Å². The molecule has 0 aliphatic carbocycles. The highest BCUT2D eigenvalue weighted by molar-refractivity contribution is 7.90. The summed E-state index contributed by atoms with van der Waals surface area (Å²) in [6.07, 6.45) is 5.24. The van der Waals surface area contributed by atoms with E-state index < -0.39 is 9.84 Å². The molecule has 0 spiro atoms. The summed E-state index contributed by atoms with van der Waals surface area (Å²) in [4.78, 5) is 2.63. The Morgan fingerprint density at radius 1 is 1.33 bits per heavy atom. The van der Waals surface area contributed by atoms with E-state index in [9.17, 15) is 8.42 Å². The third kappa shape index (κ3) is 2.93. The topological polar surface area (TPSA) is 37.4 Å². The number of hydrogen-bond donors (Lipinski definition) is 0. The highest BCUT2D eigenvalue weighted by Crippen LogP contribution is 2.29. The quantitative estimate of drug-likeness (QED) is 0.842. The van der Waals surface area contributed by atoms with E-state index in [-0.39, 0.29) is 0 Å². The molecule has 1 heterocycles.